The largest absolute Gasteiger partial charge is 0.573 e. The third-order valence-corrected chi connectivity index (χ3v) is 4.29. The number of ether oxygens (including phenoxy) is 1. The average molecular weight is 382 g/mol. The molecule has 0 saturated heterocycles. The van der Waals surface area contributed by atoms with Gasteiger partial charge in [-0.05, 0) is 29.5 Å². The summed E-state index contributed by atoms with van der Waals surface area (Å²) >= 11 is 1.54. The molecule has 0 bridgehead atoms. The van der Waals surface area contributed by atoms with Crippen molar-refractivity contribution in [1.82, 2.24) is 4.98 Å². The van der Waals surface area contributed by atoms with Crippen LogP contribution in [0.5, 0.6) is 5.75 Å². The minimum absolute atomic E-state index is 0.00755. The molecule has 0 amide bonds. The predicted molar refractivity (Wildman–Crippen MR) is 59.7 cm³/mol. The molecule has 0 aliphatic carbocycles. The molecule has 0 aliphatic rings. The van der Waals surface area contributed by atoms with Crippen molar-refractivity contribution in [2.45, 2.75) is 18.2 Å². The van der Waals surface area contributed by atoms with E-state index < -0.39 is 27.0 Å². The average Bonchev–Trinajstić information content (AvgIpc) is 2.06. The zero-order valence-electron chi connectivity index (χ0n) is 8.25. The molecule has 0 saturated carbocycles. The Labute approximate surface area is 108 Å². The Hall–Kier alpha value is -0.620. The number of nitrogens with zero attached hydrogens (tertiary/aromatic N) is 1. The van der Waals surface area contributed by atoms with E-state index in [4.69, 9.17) is 5.14 Å². The number of aromatic nitrogens is 1. The van der Waals surface area contributed by atoms with Gasteiger partial charge in [-0.3, -0.25) is 4.98 Å². The highest BCUT2D eigenvalue weighted by molar-refractivity contribution is 14.1. The quantitative estimate of drug-likeness (QED) is 0.787. The summed E-state index contributed by atoms with van der Waals surface area (Å²) in [6.45, 7) is 1.44. The van der Waals surface area contributed by atoms with Crippen molar-refractivity contribution < 1.29 is 26.3 Å². The number of sulfonamides is 1. The number of pyridine rings is 1. The van der Waals surface area contributed by atoms with Gasteiger partial charge in [0.2, 0.25) is 10.0 Å². The van der Waals surface area contributed by atoms with Gasteiger partial charge in [0, 0.05) is 0 Å². The van der Waals surface area contributed by atoms with Gasteiger partial charge in [0.05, 0.1) is 15.5 Å². The molecular weight excluding hydrogens is 376 g/mol. The van der Waals surface area contributed by atoms with Crippen LogP contribution in [0.1, 0.15) is 5.69 Å². The fraction of sp³-hybridized carbons (Fsp3) is 0.286. The van der Waals surface area contributed by atoms with Crippen LogP contribution >= 0.6 is 22.6 Å². The monoisotopic (exact) mass is 382 g/mol. The van der Waals surface area contributed by atoms with Gasteiger partial charge in [-0.25, -0.2) is 13.6 Å². The lowest BCUT2D eigenvalue weighted by molar-refractivity contribution is -0.275. The molecule has 0 atom stereocenters. The minimum atomic E-state index is -5.01. The zero-order chi connectivity index (χ0) is 13.4. The zero-order valence-corrected chi connectivity index (χ0v) is 11.2. The highest BCUT2D eigenvalue weighted by Crippen LogP contribution is 2.32. The van der Waals surface area contributed by atoms with Crippen LogP contribution in [-0.2, 0) is 10.0 Å². The van der Waals surface area contributed by atoms with Crippen LogP contribution in [0.3, 0.4) is 0 Å². The van der Waals surface area contributed by atoms with E-state index >= 15 is 0 Å². The van der Waals surface area contributed by atoms with E-state index in [0.717, 1.165) is 0 Å². The van der Waals surface area contributed by atoms with Gasteiger partial charge in [0.15, 0.2) is 5.75 Å². The number of rotatable bonds is 2. The van der Waals surface area contributed by atoms with Gasteiger partial charge in [-0.2, -0.15) is 0 Å². The fourth-order valence-electron chi connectivity index (χ4n) is 1.01. The fourth-order valence-corrected chi connectivity index (χ4v) is 3.10. The molecule has 1 aromatic rings. The summed E-state index contributed by atoms with van der Waals surface area (Å²) in [7, 11) is -4.33. The molecule has 0 aliphatic heterocycles. The summed E-state index contributed by atoms with van der Waals surface area (Å²) in [5.74, 6) is -0.935. The number of nitrogens with two attached hydrogens (primary N) is 1. The lowest BCUT2D eigenvalue weighted by Crippen LogP contribution is -2.22. The summed E-state index contributed by atoms with van der Waals surface area (Å²) in [6.07, 6.45) is -4.34. The molecule has 0 unspecified atom stereocenters. The summed E-state index contributed by atoms with van der Waals surface area (Å²) in [5.41, 5.74) is 0.240. The molecule has 0 aromatic carbocycles. The highest BCUT2D eigenvalue weighted by atomic mass is 127. The van der Waals surface area contributed by atoms with E-state index in [1.165, 1.54) is 29.5 Å². The Morgan fingerprint density at radius 3 is 2.41 bits per heavy atom. The summed E-state index contributed by atoms with van der Waals surface area (Å²) in [4.78, 5) is 2.86. The first-order valence-corrected chi connectivity index (χ1v) is 6.58. The molecule has 10 heteroatoms. The third kappa shape index (κ3) is 3.67. The SMILES string of the molecule is Cc1ncc(OC(F)(F)F)c(S(N)(=O)=O)c1I. The predicted octanol–water partition coefficient (Wildman–Crippen LogP) is 1.54. The van der Waals surface area contributed by atoms with Gasteiger partial charge in [0.1, 0.15) is 4.90 Å². The van der Waals surface area contributed by atoms with E-state index in [1.54, 1.807) is 0 Å². The van der Waals surface area contributed by atoms with Crippen molar-refractivity contribution in [2.24, 2.45) is 5.14 Å². The van der Waals surface area contributed by atoms with E-state index in [9.17, 15) is 21.6 Å². The Morgan fingerprint density at radius 2 is 2.00 bits per heavy atom. The minimum Gasteiger partial charge on any atom is -0.403 e. The van der Waals surface area contributed by atoms with Crippen LogP contribution in [-0.4, -0.2) is 19.8 Å². The van der Waals surface area contributed by atoms with E-state index in [-0.39, 0.29) is 9.26 Å². The van der Waals surface area contributed by atoms with Crippen molar-refractivity contribution in [1.29, 1.82) is 0 Å². The van der Waals surface area contributed by atoms with Crippen molar-refractivity contribution >= 4 is 32.6 Å². The molecule has 1 rings (SSSR count). The first-order valence-electron chi connectivity index (χ1n) is 3.96. The molecular formula is C7H6F3IN2O3S. The molecule has 5 nitrogen and oxygen atoms in total. The van der Waals surface area contributed by atoms with Crippen LogP contribution < -0.4 is 9.88 Å². The second kappa shape index (κ2) is 4.57. The van der Waals surface area contributed by atoms with Crippen molar-refractivity contribution in [3.05, 3.63) is 15.5 Å². The third-order valence-electron chi connectivity index (χ3n) is 1.63. The number of halogens is 4. The van der Waals surface area contributed by atoms with Crippen LogP contribution in [0.4, 0.5) is 13.2 Å². The molecule has 1 heterocycles. The molecule has 0 radical (unpaired) electrons. The Kier molecular flexibility index (Phi) is 3.88. The number of aryl methyl sites for hydroxylation is 1. The second-order valence-corrected chi connectivity index (χ2v) is 5.52. The normalized spacial score (nSPS) is 12.6. The molecule has 2 N–H and O–H groups in total. The first-order chi connectivity index (χ1) is 7.52. The summed E-state index contributed by atoms with van der Waals surface area (Å²) < 4.78 is 62.1. The van der Waals surface area contributed by atoms with Crippen LogP contribution in [0, 0.1) is 10.5 Å². The van der Waals surface area contributed by atoms with Crippen molar-refractivity contribution in [2.75, 3.05) is 0 Å². The van der Waals surface area contributed by atoms with Crippen LogP contribution in [0.2, 0.25) is 0 Å². The van der Waals surface area contributed by atoms with Crippen molar-refractivity contribution in [3.63, 3.8) is 0 Å². The van der Waals surface area contributed by atoms with Crippen molar-refractivity contribution in [3.8, 4) is 5.75 Å². The Morgan fingerprint density at radius 1 is 1.47 bits per heavy atom. The number of primary sulfonamides is 1. The molecule has 17 heavy (non-hydrogen) atoms. The standard InChI is InChI=1S/C7H6F3IN2O3S/c1-3-5(11)6(17(12,14)15)4(2-13-3)16-7(8,9)10/h2H,1H3,(H2,12,14,15). The summed E-state index contributed by atoms with van der Waals surface area (Å²) in [5, 5.41) is 4.84. The number of hydrogen-bond acceptors (Lipinski definition) is 4. The number of hydrogen-bond donors (Lipinski definition) is 1. The number of alkyl halides is 3. The topological polar surface area (TPSA) is 82.3 Å². The van der Waals surface area contributed by atoms with Crippen LogP contribution in [0.25, 0.3) is 0 Å². The molecule has 96 valence electrons. The smallest absolute Gasteiger partial charge is 0.403 e. The molecule has 0 spiro atoms. The first kappa shape index (κ1) is 14.4. The van der Waals surface area contributed by atoms with Gasteiger partial charge in [0.25, 0.3) is 0 Å². The molecule has 1 aromatic heterocycles. The maximum Gasteiger partial charge on any atom is 0.573 e. The Balaban J connectivity index is 3.47. The van der Waals surface area contributed by atoms with Gasteiger partial charge in [-0.15, -0.1) is 13.2 Å². The molecule has 0 fully saturated rings. The van der Waals surface area contributed by atoms with Gasteiger partial charge >= 0.3 is 6.36 Å². The van der Waals surface area contributed by atoms with E-state index in [2.05, 4.69) is 9.72 Å². The maximum absolute atomic E-state index is 12.1. The van der Waals surface area contributed by atoms with E-state index in [0.29, 0.717) is 6.20 Å². The lowest BCUT2D eigenvalue weighted by Gasteiger charge is -2.13. The van der Waals surface area contributed by atoms with Gasteiger partial charge < -0.3 is 4.74 Å². The van der Waals surface area contributed by atoms with Crippen LogP contribution in [0.15, 0.2) is 11.1 Å². The van der Waals surface area contributed by atoms with E-state index in [1.807, 2.05) is 0 Å². The lowest BCUT2D eigenvalue weighted by atomic mass is 10.4. The highest BCUT2D eigenvalue weighted by Gasteiger charge is 2.35. The second-order valence-electron chi connectivity index (χ2n) is 2.94. The Bertz CT molecular complexity index is 544. The maximum atomic E-state index is 12.1. The van der Waals surface area contributed by atoms with Gasteiger partial charge in [-0.1, -0.05) is 0 Å². The summed E-state index contributed by atoms with van der Waals surface area (Å²) in [6, 6.07) is 0.